The Kier molecular flexibility index (Phi) is 4.27. The number of aromatic nitrogens is 3. The number of carbonyl (C=O) groups is 1. The molecule has 0 fully saturated rings. The number of aromatic hydroxyl groups is 1. The number of azo groups is 1. The highest BCUT2D eigenvalue weighted by molar-refractivity contribution is 7.18. The van der Waals surface area contributed by atoms with E-state index in [9.17, 15) is 19.1 Å². The van der Waals surface area contributed by atoms with Gasteiger partial charge in [0, 0.05) is 10.3 Å². The lowest BCUT2D eigenvalue weighted by atomic mass is 10.2. The molecule has 3 heterocycles. The van der Waals surface area contributed by atoms with Gasteiger partial charge in [-0.15, -0.1) is 21.6 Å². The molecule has 3 N–H and O–H groups in total. The van der Waals surface area contributed by atoms with Crippen LogP contribution in [0.5, 0.6) is 5.88 Å². The molecule has 3 aromatic heterocycles. The predicted octanol–water partition coefficient (Wildman–Crippen LogP) is 3.78. The van der Waals surface area contributed by atoms with Crippen molar-refractivity contribution in [3.63, 3.8) is 0 Å². The van der Waals surface area contributed by atoms with Crippen molar-refractivity contribution in [2.45, 2.75) is 20.3 Å². The molecular formula is C18H14FN5O3S. The zero-order valence-electron chi connectivity index (χ0n) is 14.8. The number of aromatic amines is 2. The first kappa shape index (κ1) is 18.0. The summed E-state index contributed by atoms with van der Waals surface area (Å²) in [4.78, 5) is 35.5. The smallest absolute Gasteiger partial charge is 0.272 e. The maximum absolute atomic E-state index is 13.4. The Morgan fingerprint density at radius 1 is 1.32 bits per heavy atom. The standard InChI is InChI=1S/C18H14FN5O3S/c1-7-8(2)28-18-14(7)16(26)21-12(22-18)6-13(25)23-24-15-10-5-9(19)3-4-11(10)20-17(15)27/h3-5,20,27H,6H2,1-2H3,(H,21,22,26). The summed E-state index contributed by atoms with van der Waals surface area (Å²) in [7, 11) is 0. The maximum atomic E-state index is 13.4. The minimum atomic E-state index is -0.669. The van der Waals surface area contributed by atoms with E-state index in [1.165, 1.54) is 29.5 Å². The minimum Gasteiger partial charge on any atom is -0.493 e. The average molecular weight is 399 g/mol. The number of benzene rings is 1. The van der Waals surface area contributed by atoms with E-state index in [-0.39, 0.29) is 29.4 Å². The molecule has 0 saturated carbocycles. The second kappa shape index (κ2) is 6.64. The van der Waals surface area contributed by atoms with Crippen LogP contribution < -0.4 is 5.56 Å². The summed E-state index contributed by atoms with van der Waals surface area (Å²) in [5, 5.41) is 18.0. The number of fused-ring (bicyclic) bond motifs is 2. The molecule has 0 aliphatic rings. The molecule has 0 saturated heterocycles. The summed E-state index contributed by atoms with van der Waals surface area (Å²) in [6.45, 7) is 3.75. The van der Waals surface area contributed by atoms with E-state index in [0.717, 1.165) is 10.4 Å². The minimum absolute atomic E-state index is 0.0377. The van der Waals surface area contributed by atoms with Crippen molar-refractivity contribution in [2.75, 3.05) is 0 Å². The van der Waals surface area contributed by atoms with Gasteiger partial charge < -0.3 is 15.1 Å². The molecule has 1 amide bonds. The molecule has 0 aliphatic carbocycles. The van der Waals surface area contributed by atoms with Crippen LogP contribution in [0.25, 0.3) is 21.1 Å². The lowest BCUT2D eigenvalue weighted by Gasteiger charge is -1.98. The van der Waals surface area contributed by atoms with Crippen LogP contribution in [-0.4, -0.2) is 26.0 Å². The second-order valence-corrected chi connectivity index (χ2v) is 7.46. The number of hydrogen-bond donors (Lipinski definition) is 3. The first-order chi connectivity index (χ1) is 13.3. The lowest BCUT2D eigenvalue weighted by Crippen LogP contribution is -2.13. The van der Waals surface area contributed by atoms with Crippen molar-refractivity contribution in [3.8, 4) is 5.88 Å². The molecular weight excluding hydrogens is 385 g/mol. The summed E-state index contributed by atoms with van der Waals surface area (Å²) >= 11 is 1.38. The Morgan fingerprint density at radius 3 is 2.89 bits per heavy atom. The predicted molar refractivity (Wildman–Crippen MR) is 103 cm³/mol. The van der Waals surface area contributed by atoms with E-state index in [4.69, 9.17) is 0 Å². The van der Waals surface area contributed by atoms with Gasteiger partial charge in [-0.2, -0.15) is 0 Å². The van der Waals surface area contributed by atoms with E-state index >= 15 is 0 Å². The summed E-state index contributed by atoms with van der Waals surface area (Å²) < 4.78 is 13.4. The van der Waals surface area contributed by atoms with Crippen LogP contribution in [0.3, 0.4) is 0 Å². The average Bonchev–Trinajstić information content (AvgIpc) is 3.08. The topological polar surface area (TPSA) is 124 Å². The first-order valence-corrected chi connectivity index (χ1v) is 9.09. The second-order valence-electron chi connectivity index (χ2n) is 6.26. The fourth-order valence-corrected chi connectivity index (χ4v) is 3.95. The highest BCUT2D eigenvalue weighted by atomic mass is 32.1. The normalized spacial score (nSPS) is 11.8. The monoisotopic (exact) mass is 399 g/mol. The molecule has 4 aromatic rings. The SMILES string of the molecule is Cc1sc2nc(CC(=O)N=Nc3c(O)[nH]c4ccc(F)cc34)[nH]c(=O)c2c1C. The number of aryl methyl sites for hydroxylation is 2. The number of amides is 1. The van der Waals surface area contributed by atoms with Gasteiger partial charge in [0.2, 0.25) is 5.88 Å². The summed E-state index contributed by atoms with van der Waals surface area (Å²) in [6, 6.07) is 3.86. The number of H-pyrrole nitrogens is 2. The quantitative estimate of drug-likeness (QED) is 0.454. The highest BCUT2D eigenvalue weighted by Crippen LogP contribution is 2.35. The molecule has 0 atom stereocenters. The van der Waals surface area contributed by atoms with Crippen molar-refractivity contribution < 1.29 is 14.3 Å². The lowest BCUT2D eigenvalue weighted by molar-refractivity contribution is -0.117. The van der Waals surface area contributed by atoms with Crippen LogP contribution >= 0.6 is 11.3 Å². The number of nitrogens with one attached hydrogen (secondary N) is 2. The number of thiophene rings is 1. The molecule has 1 aromatic carbocycles. The van der Waals surface area contributed by atoms with Crippen molar-refractivity contribution in [2.24, 2.45) is 10.2 Å². The summed E-state index contributed by atoms with van der Waals surface area (Å²) in [5.41, 5.74) is 0.981. The summed E-state index contributed by atoms with van der Waals surface area (Å²) in [5.74, 6) is -1.32. The number of carbonyl (C=O) groups excluding carboxylic acids is 1. The fourth-order valence-electron chi connectivity index (χ4n) is 2.90. The van der Waals surface area contributed by atoms with Crippen molar-refractivity contribution in [1.82, 2.24) is 15.0 Å². The Balaban J connectivity index is 1.62. The third-order valence-electron chi connectivity index (χ3n) is 4.38. The van der Waals surface area contributed by atoms with E-state index in [1.54, 1.807) is 0 Å². The molecule has 10 heteroatoms. The van der Waals surface area contributed by atoms with Gasteiger partial charge in [-0.3, -0.25) is 9.59 Å². The van der Waals surface area contributed by atoms with Gasteiger partial charge in [0.25, 0.3) is 11.5 Å². The van der Waals surface area contributed by atoms with Crippen molar-refractivity contribution in [3.05, 3.63) is 50.6 Å². The largest absolute Gasteiger partial charge is 0.493 e. The molecule has 142 valence electrons. The zero-order chi connectivity index (χ0) is 20.0. The third-order valence-corrected chi connectivity index (χ3v) is 5.48. The Bertz CT molecular complexity index is 1330. The van der Waals surface area contributed by atoms with E-state index in [2.05, 4.69) is 25.2 Å². The molecule has 0 unspecified atom stereocenters. The van der Waals surface area contributed by atoms with Crippen molar-refractivity contribution >= 4 is 44.1 Å². The van der Waals surface area contributed by atoms with Gasteiger partial charge in [0.05, 0.1) is 17.3 Å². The number of rotatable bonds is 3. The first-order valence-electron chi connectivity index (χ1n) is 8.27. The zero-order valence-corrected chi connectivity index (χ0v) is 15.6. The molecule has 8 nitrogen and oxygen atoms in total. The van der Waals surface area contributed by atoms with E-state index in [0.29, 0.717) is 21.1 Å². The fraction of sp³-hybridized carbons (Fsp3) is 0.167. The van der Waals surface area contributed by atoms with Gasteiger partial charge in [-0.25, -0.2) is 9.37 Å². The molecule has 0 spiro atoms. The molecule has 0 radical (unpaired) electrons. The number of nitrogens with zero attached hydrogens (tertiary/aromatic N) is 3. The Labute approximate surface area is 160 Å². The van der Waals surface area contributed by atoms with Crippen LogP contribution in [0.2, 0.25) is 0 Å². The Morgan fingerprint density at radius 2 is 2.11 bits per heavy atom. The van der Waals surface area contributed by atoms with Gasteiger partial charge >= 0.3 is 0 Å². The van der Waals surface area contributed by atoms with Crippen LogP contribution in [0.1, 0.15) is 16.3 Å². The molecule has 0 aliphatic heterocycles. The van der Waals surface area contributed by atoms with Crippen LogP contribution in [-0.2, 0) is 11.2 Å². The molecule has 28 heavy (non-hydrogen) atoms. The van der Waals surface area contributed by atoms with Gasteiger partial charge in [-0.1, -0.05) is 0 Å². The van der Waals surface area contributed by atoms with Crippen LogP contribution in [0.4, 0.5) is 10.1 Å². The van der Waals surface area contributed by atoms with Gasteiger partial charge in [-0.05, 0) is 37.6 Å². The number of hydrogen-bond acceptors (Lipinski definition) is 6. The molecule has 0 bridgehead atoms. The van der Waals surface area contributed by atoms with Gasteiger partial charge in [0.1, 0.15) is 16.5 Å². The van der Waals surface area contributed by atoms with Crippen molar-refractivity contribution in [1.29, 1.82) is 0 Å². The Hall–Kier alpha value is -3.40. The third kappa shape index (κ3) is 3.07. The van der Waals surface area contributed by atoms with Crippen LogP contribution in [0, 0.1) is 19.7 Å². The number of halogens is 1. The van der Waals surface area contributed by atoms with E-state index < -0.39 is 11.7 Å². The van der Waals surface area contributed by atoms with Gasteiger partial charge in [0.15, 0.2) is 5.69 Å². The molecule has 4 rings (SSSR count). The highest BCUT2D eigenvalue weighted by Gasteiger charge is 2.15. The maximum Gasteiger partial charge on any atom is 0.272 e. The van der Waals surface area contributed by atoms with E-state index in [1.807, 2.05) is 13.8 Å². The summed E-state index contributed by atoms with van der Waals surface area (Å²) in [6.07, 6.45) is -0.262. The van der Waals surface area contributed by atoms with Crippen LogP contribution in [0.15, 0.2) is 33.2 Å².